The number of fused-ring (bicyclic) bond motifs is 1. The van der Waals surface area contributed by atoms with Gasteiger partial charge in [0.25, 0.3) is 0 Å². The molecule has 1 aromatic carbocycles. The van der Waals surface area contributed by atoms with E-state index in [1.165, 1.54) is 0 Å². The number of aliphatic hydroxyl groups excluding tert-OH is 1. The van der Waals surface area contributed by atoms with Gasteiger partial charge in [-0.15, -0.1) is 0 Å². The van der Waals surface area contributed by atoms with Crippen molar-refractivity contribution in [3.8, 4) is 0 Å². The summed E-state index contributed by atoms with van der Waals surface area (Å²) in [5, 5.41) is 9.17. The second-order valence-corrected chi connectivity index (χ2v) is 5.06. The van der Waals surface area contributed by atoms with Crippen molar-refractivity contribution < 1.29 is 19.3 Å². The fourth-order valence-electron chi connectivity index (χ4n) is 2.68. The summed E-state index contributed by atoms with van der Waals surface area (Å²) in [6.07, 6.45) is -0.360. The number of ether oxygens (including phenoxy) is 3. The molecule has 2 heterocycles. The predicted octanol–water partition coefficient (Wildman–Crippen LogP) is 0.578. The van der Waals surface area contributed by atoms with Crippen LogP contribution in [-0.4, -0.2) is 42.7 Å². The molecule has 0 radical (unpaired) electrons. The molecule has 3 N–H and O–H groups in total. The van der Waals surface area contributed by atoms with Crippen molar-refractivity contribution >= 4 is 0 Å². The van der Waals surface area contributed by atoms with Crippen molar-refractivity contribution in [1.82, 2.24) is 0 Å². The lowest BCUT2D eigenvalue weighted by atomic mass is 9.95. The fourth-order valence-corrected chi connectivity index (χ4v) is 2.68. The molecule has 104 valence electrons. The second kappa shape index (κ2) is 5.56. The van der Waals surface area contributed by atoms with Crippen LogP contribution in [-0.2, 0) is 14.2 Å². The lowest BCUT2D eigenvalue weighted by Gasteiger charge is -2.44. The number of nitrogens with two attached hydrogens (primary N) is 1. The molecule has 0 spiro atoms. The van der Waals surface area contributed by atoms with Gasteiger partial charge in [0.2, 0.25) is 0 Å². The Morgan fingerprint density at radius 2 is 2.00 bits per heavy atom. The average molecular weight is 265 g/mol. The van der Waals surface area contributed by atoms with E-state index >= 15 is 0 Å². The monoisotopic (exact) mass is 265 g/mol. The number of hydrogen-bond acceptors (Lipinski definition) is 5. The molecule has 0 aliphatic carbocycles. The van der Waals surface area contributed by atoms with Crippen LogP contribution in [0.5, 0.6) is 0 Å². The smallest absolute Gasteiger partial charge is 0.184 e. The fraction of sp³-hybridized carbons (Fsp3) is 0.571. The van der Waals surface area contributed by atoms with Crippen molar-refractivity contribution in [2.75, 3.05) is 13.2 Å². The molecule has 0 amide bonds. The Balaban J connectivity index is 1.70. The molecule has 0 aromatic heterocycles. The highest BCUT2D eigenvalue weighted by atomic mass is 16.7. The van der Waals surface area contributed by atoms with Crippen molar-refractivity contribution in [2.24, 2.45) is 5.73 Å². The Hall–Kier alpha value is -0.980. The lowest BCUT2D eigenvalue weighted by Crippen LogP contribution is -2.58. The summed E-state index contributed by atoms with van der Waals surface area (Å²) in [6, 6.07) is 9.66. The maximum atomic E-state index is 9.17. The SMILES string of the molecule is NC1CC(CO)OC2COC(c3ccccc3)OC12. The third-order valence-corrected chi connectivity index (χ3v) is 3.66. The standard InChI is InChI=1S/C14H19NO4/c15-11-6-10(7-16)18-12-8-17-14(19-13(11)12)9-4-2-1-3-5-9/h1-5,10-14,16H,6-8,15H2. The Bertz CT molecular complexity index is 413. The molecule has 5 heteroatoms. The van der Waals surface area contributed by atoms with E-state index in [1.54, 1.807) is 0 Å². The highest BCUT2D eigenvalue weighted by molar-refractivity contribution is 5.16. The Labute approximate surface area is 112 Å². The average Bonchev–Trinajstić information content (AvgIpc) is 2.47. The summed E-state index contributed by atoms with van der Waals surface area (Å²) in [7, 11) is 0. The van der Waals surface area contributed by atoms with Gasteiger partial charge in [-0.2, -0.15) is 0 Å². The maximum Gasteiger partial charge on any atom is 0.184 e. The molecule has 19 heavy (non-hydrogen) atoms. The first kappa shape index (κ1) is 13.0. The Morgan fingerprint density at radius 3 is 2.74 bits per heavy atom. The van der Waals surface area contributed by atoms with E-state index in [0.29, 0.717) is 13.0 Å². The van der Waals surface area contributed by atoms with Crippen LogP contribution in [0.15, 0.2) is 30.3 Å². The number of hydrogen-bond donors (Lipinski definition) is 2. The first-order chi connectivity index (χ1) is 9.28. The van der Waals surface area contributed by atoms with Crippen molar-refractivity contribution in [3.63, 3.8) is 0 Å². The summed E-state index contributed by atoms with van der Waals surface area (Å²) < 4.78 is 17.3. The summed E-state index contributed by atoms with van der Waals surface area (Å²) in [6.45, 7) is 0.424. The van der Waals surface area contributed by atoms with Crippen LogP contribution in [0.2, 0.25) is 0 Å². The number of rotatable bonds is 2. The third-order valence-electron chi connectivity index (χ3n) is 3.66. The molecule has 5 atom stereocenters. The van der Waals surface area contributed by atoms with Gasteiger partial charge in [0.1, 0.15) is 12.2 Å². The summed E-state index contributed by atoms with van der Waals surface area (Å²) in [4.78, 5) is 0. The summed E-state index contributed by atoms with van der Waals surface area (Å²) in [5.41, 5.74) is 7.11. The maximum absolute atomic E-state index is 9.17. The van der Waals surface area contributed by atoms with E-state index in [0.717, 1.165) is 5.56 Å². The summed E-state index contributed by atoms with van der Waals surface area (Å²) >= 11 is 0. The molecule has 0 saturated carbocycles. The quantitative estimate of drug-likeness (QED) is 0.818. The zero-order chi connectivity index (χ0) is 13.2. The predicted molar refractivity (Wildman–Crippen MR) is 68.3 cm³/mol. The van der Waals surface area contributed by atoms with Gasteiger partial charge < -0.3 is 25.1 Å². The third kappa shape index (κ3) is 2.66. The van der Waals surface area contributed by atoms with Gasteiger partial charge in [-0.3, -0.25) is 0 Å². The molecule has 3 rings (SSSR count). The van der Waals surface area contributed by atoms with Crippen LogP contribution in [0.4, 0.5) is 0 Å². The van der Waals surface area contributed by atoms with Crippen molar-refractivity contribution in [3.05, 3.63) is 35.9 Å². The first-order valence-electron chi connectivity index (χ1n) is 6.62. The van der Waals surface area contributed by atoms with E-state index in [9.17, 15) is 0 Å². The lowest BCUT2D eigenvalue weighted by molar-refractivity contribution is -0.294. The van der Waals surface area contributed by atoms with Crippen LogP contribution in [0.3, 0.4) is 0 Å². The van der Waals surface area contributed by atoms with E-state index < -0.39 is 0 Å². The van der Waals surface area contributed by atoms with Crippen LogP contribution in [0.1, 0.15) is 18.3 Å². The van der Waals surface area contributed by atoms with Gasteiger partial charge in [0.15, 0.2) is 6.29 Å². The largest absolute Gasteiger partial charge is 0.394 e. The normalized spacial score (nSPS) is 38.7. The van der Waals surface area contributed by atoms with Crippen LogP contribution in [0, 0.1) is 0 Å². The van der Waals surface area contributed by atoms with Gasteiger partial charge in [-0.25, -0.2) is 0 Å². The molecule has 2 saturated heterocycles. The second-order valence-electron chi connectivity index (χ2n) is 5.06. The van der Waals surface area contributed by atoms with E-state index in [-0.39, 0.29) is 37.3 Å². The molecular formula is C14H19NO4. The first-order valence-corrected chi connectivity index (χ1v) is 6.62. The minimum atomic E-state index is -0.386. The highest BCUT2D eigenvalue weighted by Gasteiger charge is 2.42. The van der Waals surface area contributed by atoms with Gasteiger partial charge >= 0.3 is 0 Å². The topological polar surface area (TPSA) is 73.9 Å². The zero-order valence-electron chi connectivity index (χ0n) is 10.6. The Morgan fingerprint density at radius 1 is 1.21 bits per heavy atom. The van der Waals surface area contributed by atoms with Crippen LogP contribution in [0.25, 0.3) is 0 Å². The number of aliphatic hydroxyl groups is 1. The van der Waals surface area contributed by atoms with E-state index in [4.69, 9.17) is 25.1 Å². The molecule has 0 bridgehead atoms. The van der Waals surface area contributed by atoms with Crippen molar-refractivity contribution in [1.29, 1.82) is 0 Å². The van der Waals surface area contributed by atoms with Gasteiger partial charge in [-0.05, 0) is 6.42 Å². The molecule has 2 aliphatic rings. The summed E-state index contributed by atoms with van der Waals surface area (Å²) in [5.74, 6) is 0. The van der Waals surface area contributed by atoms with E-state index in [1.807, 2.05) is 30.3 Å². The molecular weight excluding hydrogens is 246 g/mol. The number of benzene rings is 1. The van der Waals surface area contributed by atoms with Gasteiger partial charge in [0, 0.05) is 11.6 Å². The highest BCUT2D eigenvalue weighted by Crippen LogP contribution is 2.32. The minimum absolute atomic E-state index is 0.0148. The van der Waals surface area contributed by atoms with E-state index in [2.05, 4.69) is 0 Å². The van der Waals surface area contributed by atoms with Crippen molar-refractivity contribution in [2.45, 2.75) is 37.1 Å². The molecule has 2 fully saturated rings. The molecule has 1 aromatic rings. The minimum Gasteiger partial charge on any atom is -0.394 e. The zero-order valence-corrected chi connectivity index (χ0v) is 10.6. The molecule has 5 nitrogen and oxygen atoms in total. The Kier molecular flexibility index (Phi) is 3.81. The van der Waals surface area contributed by atoms with Crippen LogP contribution >= 0.6 is 0 Å². The molecule has 2 aliphatic heterocycles. The molecule has 5 unspecified atom stereocenters. The van der Waals surface area contributed by atoms with Gasteiger partial charge in [0.05, 0.1) is 19.3 Å². The van der Waals surface area contributed by atoms with Gasteiger partial charge in [-0.1, -0.05) is 30.3 Å². The van der Waals surface area contributed by atoms with Crippen LogP contribution < -0.4 is 5.73 Å².